The lowest BCUT2D eigenvalue weighted by Gasteiger charge is -2.04. The van der Waals surface area contributed by atoms with Crippen LogP contribution in [0.1, 0.15) is 56.3 Å². The van der Waals surface area contributed by atoms with Crippen molar-refractivity contribution in [3.8, 4) is 0 Å². The predicted octanol–water partition coefficient (Wildman–Crippen LogP) is 4.04. The van der Waals surface area contributed by atoms with E-state index in [1.807, 2.05) is 18.2 Å². The van der Waals surface area contributed by atoms with E-state index in [2.05, 4.69) is 13.8 Å². The maximum atomic E-state index is 11.8. The zero-order chi connectivity index (χ0) is 13.4. The van der Waals surface area contributed by atoms with Gasteiger partial charge in [-0.2, -0.15) is 0 Å². The van der Waals surface area contributed by atoms with E-state index < -0.39 is 0 Å². The van der Waals surface area contributed by atoms with Gasteiger partial charge in [-0.15, -0.1) is 0 Å². The first-order valence-electron chi connectivity index (χ1n) is 6.69. The summed E-state index contributed by atoms with van der Waals surface area (Å²) in [5, 5.41) is 0. The molecule has 1 rings (SSSR count). The van der Waals surface area contributed by atoms with Gasteiger partial charge in [0.15, 0.2) is 5.78 Å². The smallest absolute Gasteiger partial charge is 0.170 e. The van der Waals surface area contributed by atoms with Gasteiger partial charge in [0.25, 0.3) is 0 Å². The van der Waals surface area contributed by atoms with Gasteiger partial charge >= 0.3 is 0 Å². The van der Waals surface area contributed by atoms with Crippen molar-refractivity contribution in [1.82, 2.24) is 0 Å². The highest BCUT2D eigenvalue weighted by molar-refractivity contribution is 6.07. The summed E-state index contributed by atoms with van der Waals surface area (Å²) < 4.78 is 0. The first-order valence-corrected chi connectivity index (χ1v) is 6.69. The number of hydrogen-bond acceptors (Lipinski definition) is 2. The minimum Gasteiger partial charge on any atom is -0.299 e. The second-order valence-electron chi connectivity index (χ2n) is 5.14. The van der Waals surface area contributed by atoms with E-state index in [0.717, 1.165) is 19.3 Å². The molecule has 0 unspecified atom stereocenters. The van der Waals surface area contributed by atoms with Crippen molar-refractivity contribution in [2.24, 2.45) is 5.92 Å². The highest BCUT2D eigenvalue weighted by Gasteiger charge is 2.11. The van der Waals surface area contributed by atoms with Gasteiger partial charge in [0.1, 0.15) is 5.78 Å². The summed E-state index contributed by atoms with van der Waals surface area (Å²) in [4.78, 5) is 23.4. The van der Waals surface area contributed by atoms with Crippen LogP contribution in [-0.2, 0) is 4.79 Å². The molecule has 0 heterocycles. The Hall–Kier alpha value is -1.44. The number of unbranched alkanes of at least 4 members (excludes halogenated alkanes) is 1. The monoisotopic (exact) mass is 246 g/mol. The Morgan fingerprint density at radius 1 is 1.06 bits per heavy atom. The zero-order valence-corrected chi connectivity index (χ0v) is 11.3. The lowest BCUT2D eigenvalue weighted by atomic mass is 10.0. The van der Waals surface area contributed by atoms with Crippen LogP contribution in [0.2, 0.25) is 0 Å². The van der Waals surface area contributed by atoms with Crippen molar-refractivity contribution in [1.29, 1.82) is 0 Å². The van der Waals surface area contributed by atoms with Crippen molar-refractivity contribution < 1.29 is 9.59 Å². The van der Waals surface area contributed by atoms with Gasteiger partial charge in [0.05, 0.1) is 6.42 Å². The molecule has 1 aromatic carbocycles. The molecule has 2 heteroatoms. The van der Waals surface area contributed by atoms with E-state index in [4.69, 9.17) is 0 Å². The molecule has 0 bridgehead atoms. The Kier molecular flexibility index (Phi) is 6.34. The minimum atomic E-state index is -0.0653. The summed E-state index contributed by atoms with van der Waals surface area (Å²) in [7, 11) is 0. The van der Waals surface area contributed by atoms with Crippen molar-refractivity contribution >= 4 is 11.6 Å². The fraction of sp³-hybridized carbons (Fsp3) is 0.500. The van der Waals surface area contributed by atoms with Crippen molar-refractivity contribution in [3.63, 3.8) is 0 Å². The number of ketones is 2. The predicted molar refractivity (Wildman–Crippen MR) is 73.7 cm³/mol. The first kappa shape index (κ1) is 14.6. The minimum absolute atomic E-state index is 0.0473. The van der Waals surface area contributed by atoms with Gasteiger partial charge < -0.3 is 0 Å². The SMILES string of the molecule is CC(C)CCCCC(=O)CC(=O)c1ccccc1. The molecule has 0 N–H and O–H groups in total. The molecule has 0 aliphatic heterocycles. The van der Waals surface area contributed by atoms with Crippen LogP contribution in [0, 0.1) is 5.92 Å². The number of carbonyl (C=O) groups is 2. The molecule has 98 valence electrons. The van der Waals surface area contributed by atoms with Gasteiger partial charge in [-0.25, -0.2) is 0 Å². The van der Waals surface area contributed by atoms with Crippen molar-refractivity contribution in [2.45, 2.75) is 46.0 Å². The maximum Gasteiger partial charge on any atom is 0.170 e. The third-order valence-corrected chi connectivity index (χ3v) is 2.94. The summed E-state index contributed by atoms with van der Waals surface area (Å²) in [6.07, 6.45) is 3.71. The van der Waals surface area contributed by atoms with Crippen LogP contribution < -0.4 is 0 Å². The number of Topliss-reactive ketones (excluding diaryl/α,β-unsaturated/α-hetero) is 2. The van der Waals surface area contributed by atoms with Crippen molar-refractivity contribution in [2.75, 3.05) is 0 Å². The topological polar surface area (TPSA) is 34.1 Å². The largest absolute Gasteiger partial charge is 0.299 e. The highest BCUT2D eigenvalue weighted by atomic mass is 16.1. The van der Waals surface area contributed by atoms with Crippen LogP contribution in [0.25, 0.3) is 0 Å². The molecule has 1 aromatic rings. The molecular formula is C16H22O2. The van der Waals surface area contributed by atoms with E-state index in [9.17, 15) is 9.59 Å². The number of benzene rings is 1. The Labute approximate surface area is 109 Å². The average molecular weight is 246 g/mol. The van der Waals surface area contributed by atoms with E-state index in [1.165, 1.54) is 0 Å². The maximum absolute atomic E-state index is 11.8. The van der Waals surface area contributed by atoms with E-state index in [-0.39, 0.29) is 18.0 Å². The summed E-state index contributed by atoms with van der Waals surface area (Å²) >= 11 is 0. The second kappa shape index (κ2) is 7.80. The third-order valence-electron chi connectivity index (χ3n) is 2.94. The Morgan fingerprint density at radius 3 is 2.33 bits per heavy atom. The summed E-state index contributed by atoms with van der Waals surface area (Å²) in [5.74, 6) is 0.683. The normalized spacial score (nSPS) is 10.6. The second-order valence-corrected chi connectivity index (χ2v) is 5.14. The van der Waals surface area contributed by atoms with Gasteiger partial charge in [-0.3, -0.25) is 9.59 Å². The Morgan fingerprint density at radius 2 is 1.72 bits per heavy atom. The van der Waals surface area contributed by atoms with Crippen LogP contribution in [-0.4, -0.2) is 11.6 Å². The molecular weight excluding hydrogens is 224 g/mol. The molecule has 0 atom stereocenters. The molecule has 0 amide bonds. The lowest BCUT2D eigenvalue weighted by molar-refractivity contribution is -0.118. The molecule has 0 aliphatic carbocycles. The summed E-state index contributed by atoms with van der Waals surface area (Å²) in [6.45, 7) is 4.36. The summed E-state index contributed by atoms with van der Waals surface area (Å²) in [6, 6.07) is 9.02. The molecule has 0 radical (unpaired) electrons. The quantitative estimate of drug-likeness (QED) is 0.394. The lowest BCUT2D eigenvalue weighted by Crippen LogP contribution is -2.08. The molecule has 0 fully saturated rings. The van der Waals surface area contributed by atoms with Gasteiger partial charge in [0.2, 0.25) is 0 Å². The van der Waals surface area contributed by atoms with E-state index in [1.54, 1.807) is 12.1 Å². The Balaban J connectivity index is 2.26. The van der Waals surface area contributed by atoms with Crippen LogP contribution in [0.5, 0.6) is 0 Å². The number of hydrogen-bond donors (Lipinski definition) is 0. The molecule has 2 nitrogen and oxygen atoms in total. The molecule has 0 saturated carbocycles. The van der Waals surface area contributed by atoms with Gasteiger partial charge in [-0.05, 0) is 12.3 Å². The number of rotatable bonds is 8. The van der Waals surface area contributed by atoms with Gasteiger partial charge in [-0.1, -0.05) is 57.0 Å². The molecule has 0 spiro atoms. The van der Waals surface area contributed by atoms with Crippen molar-refractivity contribution in [3.05, 3.63) is 35.9 Å². The molecule has 0 aliphatic rings. The van der Waals surface area contributed by atoms with Crippen LogP contribution in [0.15, 0.2) is 30.3 Å². The average Bonchev–Trinajstić information content (AvgIpc) is 2.35. The molecule has 0 saturated heterocycles. The highest BCUT2D eigenvalue weighted by Crippen LogP contribution is 2.10. The Bertz CT molecular complexity index is 379. The zero-order valence-electron chi connectivity index (χ0n) is 11.3. The van der Waals surface area contributed by atoms with Crippen LogP contribution >= 0.6 is 0 Å². The van der Waals surface area contributed by atoms with E-state index in [0.29, 0.717) is 17.9 Å². The molecule has 0 aromatic heterocycles. The molecule has 18 heavy (non-hydrogen) atoms. The van der Waals surface area contributed by atoms with Crippen LogP contribution in [0.3, 0.4) is 0 Å². The number of carbonyl (C=O) groups excluding carboxylic acids is 2. The fourth-order valence-corrected chi connectivity index (χ4v) is 1.87. The fourth-order valence-electron chi connectivity index (χ4n) is 1.87. The third kappa shape index (κ3) is 5.76. The van der Waals surface area contributed by atoms with Gasteiger partial charge in [0, 0.05) is 12.0 Å². The summed E-state index contributed by atoms with van der Waals surface area (Å²) in [5.41, 5.74) is 0.632. The standard InChI is InChI=1S/C16H22O2/c1-13(2)8-6-7-11-15(17)12-16(18)14-9-4-3-5-10-14/h3-5,9-10,13H,6-8,11-12H2,1-2H3. The first-order chi connectivity index (χ1) is 8.59. The van der Waals surface area contributed by atoms with Crippen LogP contribution in [0.4, 0.5) is 0 Å². The van der Waals surface area contributed by atoms with E-state index >= 15 is 0 Å².